The van der Waals surface area contributed by atoms with Crippen LogP contribution in [0, 0.1) is 17.2 Å². The number of nitrogens with one attached hydrogen (secondary N) is 1. The van der Waals surface area contributed by atoms with Crippen LogP contribution in [-0.2, 0) is 23.9 Å². The molecule has 1 amide bonds. The van der Waals surface area contributed by atoms with Crippen LogP contribution in [0.4, 0.5) is 5.69 Å². The summed E-state index contributed by atoms with van der Waals surface area (Å²) in [6.45, 7) is 2.70. The molecule has 0 spiro atoms. The Hall–Kier alpha value is -4.28. The van der Waals surface area contributed by atoms with Gasteiger partial charge in [-0.2, -0.15) is 4.99 Å². The minimum Gasteiger partial charge on any atom is -0.508 e. The summed E-state index contributed by atoms with van der Waals surface area (Å²) in [5.41, 5.74) is 0.825. The first-order chi connectivity index (χ1) is 16.4. The standard InChI is InChI=1S/C23H21N3O9/c1-7-9-3-4-11(26-6-24)17(29)14(9)18(30)16-13(7)19(35-8(2)27)10-5-12(28)15(22(25)33)20(31)23(10,34)21(16)32/h3-4,7,10,13,19,24,29-31,34H,5H2,1-2H3,(H2,25,33)/t7-,10+,13+,19+,23+/m0/s1. The molecule has 35 heavy (non-hydrogen) atoms. The van der Waals surface area contributed by atoms with Crippen LogP contribution in [0.3, 0.4) is 0 Å². The number of phenolic OH excluding ortho intramolecular Hbond substituents is 1. The van der Waals surface area contributed by atoms with E-state index in [0.29, 0.717) is 5.56 Å². The molecular formula is C23H21N3O9. The van der Waals surface area contributed by atoms with Crippen molar-refractivity contribution in [2.45, 2.75) is 37.9 Å². The number of nitrogens with zero attached hydrogens (tertiary/aromatic N) is 1. The van der Waals surface area contributed by atoms with Crippen molar-refractivity contribution < 1.29 is 44.3 Å². The van der Waals surface area contributed by atoms with Crippen LogP contribution in [0.5, 0.6) is 5.75 Å². The molecule has 0 aromatic heterocycles. The summed E-state index contributed by atoms with van der Waals surface area (Å²) >= 11 is 0. The normalized spacial score (nSPS) is 29.6. The highest BCUT2D eigenvalue weighted by molar-refractivity contribution is 6.23. The molecule has 0 aliphatic heterocycles. The Balaban J connectivity index is 2.07. The van der Waals surface area contributed by atoms with E-state index < -0.39 is 87.7 Å². The number of aliphatic imine (C=N–C) groups is 1. The number of ether oxygens (including phenoxy) is 1. The molecule has 1 saturated carbocycles. The summed E-state index contributed by atoms with van der Waals surface area (Å²) in [5.74, 6) is -10.3. The van der Waals surface area contributed by atoms with Gasteiger partial charge in [-0.25, -0.2) is 5.41 Å². The average molecular weight is 483 g/mol. The molecule has 0 bridgehead atoms. The molecule has 182 valence electrons. The molecule has 0 heterocycles. The molecule has 0 saturated heterocycles. The second kappa shape index (κ2) is 7.90. The molecule has 0 radical (unpaired) electrons. The highest BCUT2D eigenvalue weighted by Crippen LogP contribution is 2.57. The summed E-state index contributed by atoms with van der Waals surface area (Å²) in [7, 11) is 0. The van der Waals surface area contributed by atoms with Crippen molar-refractivity contribution in [2.24, 2.45) is 22.6 Å². The van der Waals surface area contributed by atoms with E-state index in [1.165, 1.54) is 12.1 Å². The molecule has 0 unspecified atom stereocenters. The van der Waals surface area contributed by atoms with Gasteiger partial charge in [-0.05, 0) is 17.5 Å². The van der Waals surface area contributed by atoms with E-state index >= 15 is 0 Å². The van der Waals surface area contributed by atoms with Gasteiger partial charge in [0.1, 0.15) is 28.9 Å². The van der Waals surface area contributed by atoms with E-state index in [1.807, 2.05) is 0 Å². The van der Waals surface area contributed by atoms with E-state index in [1.54, 1.807) is 12.9 Å². The third-order valence-electron chi connectivity index (χ3n) is 6.93. The molecule has 3 aliphatic rings. The van der Waals surface area contributed by atoms with Gasteiger partial charge in [0.25, 0.3) is 5.91 Å². The van der Waals surface area contributed by atoms with Gasteiger partial charge in [-0.3, -0.25) is 19.2 Å². The number of esters is 1. The van der Waals surface area contributed by atoms with Gasteiger partial charge >= 0.3 is 5.97 Å². The minimum atomic E-state index is -2.92. The average Bonchev–Trinajstić information content (AvgIpc) is 2.77. The number of fused-ring (bicyclic) bond motifs is 3. The zero-order chi connectivity index (χ0) is 26.0. The lowest BCUT2D eigenvalue weighted by Crippen LogP contribution is -2.64. The Morgan fingerprint density at radius 3 is 2.49 bits per heavy atom. The topological polar surface area (TPSA) is 221 Å². The first-order valence-corrected chi connectivity index (χ1v) is 10.5. The van der Waals surface area contributed by atoms with Gasteiger partial charge < -0.3 is 30.9 Å². The number of amides is 1. The summed E-state index contributed by atoms with van der Waals surface area (Å²) < 4.78 is 5.45. The summed E-state index contributed by atoms with van der Waals surface area (Å²) in [5, 5.41) is 51.1. The van der Waals surface area contributed by atoms with Crippen molar-refractivity contribution in [3.8, 4) is 5.75 Å². The SMILES string of the molecule is CC(=O)O[C@H]1[C@H]2C(=C(O)c3c(ccc(N=C=N)c3O)[C@@H]2C)C(=O)[C@]2(O)C(O)=C(C(N)=O)C(=O)C[C@H]12. The lowest BCUT2D eigenvalue weighted by Gasteiger charge is -2.51. The first kappa shape index (κ1) is 23.9. The van der Waals surface area contributed by atoms with Crippen molar-refractivity contribution >= 4 is 40.9 Å². The van der Waals surface area contributed by atoms with Crippen LogP contribution in [0.1, 0.15) is 37.3 Å². The van der Waals surface area contributed by atoms with Crippen LogP contribution in [-0.4, -0.2) is 61.6 Å². The third kappa shape index (κ3) is 3.11. The Morgan fingerprint density at radius 1 is 1.26 bits per heavy atom. The van der Waals surface area contributed by atoms with Gasteiger partial charge in [-0.15, -0.1) is 0 Å². The van der Waals surface area contributed by atoms with Gasteiger partial charge in [0, 0.05) is 30.8 Å². The summed E-state index contributed by atoms with van der Waals surface area (Å²) in [6, 6.07) is 4.62. The van der Waals surface area contributed by atoms with E-state index in [9.17, 15) is 39.6 Å². The molecule has 3 aliphatic carbocycles. The van der Waals surface area contributed by atoms with E-state index in [0.717, 1.165) is 6.92 Å². The van der Waals surface area contributed by atoms with Crippen molar-refractivity contribution in [1.29, 1.82) is 5.41 Å². The predicted molar refractivity (Wildman–Crippen MR) is 117 cm³/mol. The van der Waals surface area contributed by atoms with Gasteiger partial charge in [0.15, 0.2) is 17.1 Å². The minimum absolute atomic E-state index is 0.130. The Morgan fingerprint density at radius 2 is 1.91 bits per heavy atom. The van der Waals surface area contributed by atoms with Crippen molar-refractivity contribution in [3.63, 3.8) is 0 Å². The maximum Gasteiger partial charge on any atom is 0.302 e. The van der Waals surface area contributed by atoms with E-state index in [2.05, 4.69) is 4.99 Å². The molecule has 12 heteroatoms. The van der Waals surface area contributed by atoms with Crippen LogP contribution < -0.4 is 5.73 Å². The van der Waals surface area contributed by atoms with Crippen LogP contribution in [0.15, 0.2) is 34.0 Å². The second-order valence-corrected chi connectivity index (χ2v) is 8.69. The molecule has 7 N–H and O–H groups in total. The van der Waals surface area contributed by atoms with Gasteiger partial charge in [0.2, 0.25) is 5.78 Å². The monoisotopic (exact) mass is 483 g/mol. The van der Waals surface area contributed by atoms with Crippen molar-refractivity contribution in [3.05, 3.63) is 40.2 Å². The lowest BCUT2D eigenvalue weighted by molar-refractivity contribution is -0.177. The zero-order valence-corrected chi connectivity index (χ0v) is 18.5. The number of ketones is 2. The fourth-order valence-electron chi connectivity index (χ4n) is 5.45. The third-order valence-corrected chi connectivity index (χ3v) is 6.93. The lowest BCUT2D eigenvalue weighted by atomic mass is 9.55. The Kier molecular flexibility index (Phi) is 5.38. The first-order valence-electron chi connectivity index (χ1n) is 10.5. The maximum absolute atomic E-state index is 13.7. The number of nitrogens with two attached hydrogens (primary N) is 1. The molecule has 4 rings (SSSR count). The number of aliphatic hydroxyl groups is 3. The van der Waals surface area contributed by atoms with Crippen LogP contribution in [0.2, 0.25) is 0 Å². The van der Waals surface area contributed by atoms with E-state index in [-0.39, 0.29) is 11.3 Å². The molecular weight excluding hydrogens is 462 g/mol. The summed E-state index contributed by atoms with van der Waals surface area (Å²) in [6.07, 6.45) is -2.04. The fraction of sp³-hybridized carbons (Fsp3) is 0.348. The second-order valence-electron chi connectivity index (χ2n) is 8.69. The number of phenols is 1. The number of aliphatic hydroxyl groups excluding tert-OH is 2. The molecule has 1 aromatic carbocycles. The predicted octanol–water partition coefficient (Wildman–Crippen LogP) is 0.911. The highest BCUT2D eigenvalue weighted by Gasteiger charge is 2.66. The fourth-order valence-corrected chi connectivity index (χ4v) is 5.45. The number of hydrogen-bond acceptors (Lipinski definition) is 11. The van der Waals surface area contributed by atoms with Gasteiger partial charge in [0.05, 0.1) is 11.6 Å². The van der Waals surface area contributed by atoms with Crippen molar-refractivity contribution in [1.82, 2.24) is 0 Å². The zero-order valence-electron chi connectivity index (χ0n) is 18.5. The quantitative estimate of drug-likeness (QED) is 0.204. The smallest absolute Gasteiger partial charge is 0.302 e. The number of hydrogen-bond donors (Lipinski definition) is 6. The molecule has 5 atom stereocenters. The van der Waals surface area contributed by atoms with Crippen LogP contribution >= 0.6 is 0 Å². The molecule has 1 fully saturated rings. The van der Waals surface area contributed by atoms with E-state index in [4.69, 9.17) is 15.9 Å². The Labute approximate surface area is 197 Å². The molecule has 1 aromatic rings. The number of rotatable bonds is 3. The largest absolute Gasteiger partial charge is 0.508 e. The number of Topliss-reactive ketones (excluding diaryl/α,β-unsaturated/α-hetero) is 2. The number of carbonyl (C=O) groups excluding carboxylic acids is 4. The highest BCUT2D eigenvalue weighted by atomic mass is 16.5. The Bertz CT molecular complexity index is 1340. The maximum atomic E-state index is 13.7. The number of carbonyl (C=O) groups is 4. The van der Waals surface area contributed by atoms with Crippen LogP contribution in [0.25, 0.3) is 5.76 Å². The van der Waals surface area contributed by atoms with Crippen molar-refractivity contribution in [2.75, 3.05) is 0 Å². The number of benzene rings is 1. The molecule has 12 nitrogen and oxygen atoms in total. The number of aromatic hydroxyl groups is 1. The number of primary amides is 1. The summed E-state index contributed by atoms with van der Waals surface area (Å²) in [4.78, 5) is 53.7. The van der Waals surface area contributed by atoms with Gasteiger partial charge in [-0.1, -0.05) is 13.0 Å².